The first kappa shape index (κ1) is 19.7. The number of rotatable bonds is 7. The molecule has 3 aromatic rings. The molecular weight excluding hydrogens is 402 g/mol. The van der Waals surface area contributed by atoms with Crippen molar-refractivity contribution in [2.24, 2.45) is 0 Å². The number of benzene rings is 1. The zero-order valence-electron chi connectivity index (χ0n) is 16.0. The molecule has 1 amide bonds. The number of thiophene rings is 1. The minimum absolute atomic E-state index is 0.0637. The Morgan fingerprint density at radius 2 is 2.00 bits per heavy atom. The summed E-state index contributed by atoms with van der Waals surface area (Å²) < 4.78 is 10.8. The van der Waals surface area contributed by atoms with Crippen LogP contribution < -0.4 is 4.74 Å². The molecule has 0 aliphatic carbocycles. The highest BCUT2D eigenvalue weighted by Gasteiger charge is 2.46. The van der Waals surface area contributed by atoms with E-state index in [4.69, 9.17) is 9.15 Å². The molecule has 1 saturated heterocycles. The van der Waals surface area contributed by atoms with E-state index in [2.05, 4.69) is 6.58 Å². The van der Waals surface area contributed by atoms with E-state index in [1.54, 1.807) is 42.5 Å². The van der Waals surface area contributed by atoms with Crippen LogP contribution in [0, 0.1) is 0 Å². The lowest BCUT2D eigenvalue weighted by Crippen LogP contribution is -2.28. The average Bonchev–Trinajstić information content (AvgIpc) is 3.51. The van der Waals surface area contributed by atoms with Crippen LogP contribution in [0.4, 0.5) is 0 Å². The van der Waals surface area contributed by atoms with Crippen LogP contribution in [0.25, 0.3) is 5.76 Å². The van der Waals surface area contributed by atoms with Gasteiger partial charge in [-0.1, -0.05) is 18.7 Å². The molecule has 0 saturated carbocycles. The number of aliphatic hydroxyl groups excluding tert-OH is 1. The van der Waals surface area contributed by atoms with E-state index in [0.717, 1.165) is 4.88 Å². The smallest absolute Gasteiger partial charge is 0.296 e. The zero-order chi connectivity index (χ0) is 21.1. The summed E-state index contributed by atoms with van der Waals surface area (Å²) in [7, 11) is 0. The highest BCUT2D eigenvalue weighted by atomic mass is 32.1. The normalized spacial score (nSPS) is 18.0. The lowest BCUT2D eigenvalue weighted by atomic mass is 10.00. The molecule has 0 bridgehead atoms. The first-order valence-corrected chi connectivity index (χ1v) is 10.2. The molecule has 1 aliphatic heterocycles. The SMILES string of the molecule is C=CCOc1ccc(C(O)=C2C(=O)C(=O)N(Cc3ccco3)C2c2cccs2)cc1. The fourth-order valence-corrected chi connectivity index (χ4v) is 4.22. The number of nitrogens with zero attached hydrogens (tertiary/aromatic N) is 1. The second-order valence-corrected chi connectivity index (χ2v) is 7.63. The Labute approximate surface area is 177 Å². The molecule has 152 valence electrons. The Balaban J connectivity index is 1.75. The fraction of sp³-hybridized carbons (Fsp3) is 0.130. The first-order valence-electron chi connectivity index (χ1n) is 9.28. The maximum absolute atomic E-state index is 12.9. The molecule has 1 aliphatic rings. The Hall–Kier alpha value is -3.58. The first-order chi connectivity index (χ1) is 14.6. The Bertz CT molecular complexity index is 1080. The number of furan rings is 1. The van der Waals surface area contributed by atoms with Gasteiger partial charge in [0.15, 0.2) is 0 Å². The van der Waals surface area contributed by atoms with Gasteiger partial charge in [0, 0.05) is 10.4 Å². The second-order valence-electron chi connectivity index (χ2n) is 6.65. The minimum atomic E-state index is -0.718. The van der Waals surface area contributed by atoms with Gasteiger partial charge in [-0.05, 0) is 47.8 Å². The van der Waals surface area contributed by atoms with Crippen LogP contribution in [-0.2, 0) is 16.1 Å². The van der Waals surface area contributed by atoms with Gasteiger partial charge in [0.2, 0.25) is 0 Å². The highest BCUT2D eigenvalue weighted by Crippen LogP contribution is 2.42. The van der Waals surface area contributed by atoms with Crippen LogP contribution >= 0.6 is 11.3 Å². The third kappa shape index (κ3) is 3.67. The Kier molecular flexibility index (Phi) is 5.54. The monoisotopic (exact) mass is 421 g/mol. The zero-order valence-corrected chi connectivity index (χ0v) is 16.8. The van der Waals surface area contributed by atoms with Gasteiger partial charge in [0.1, 0.15) is 29.9 Å². The maximum atomic E-state index is 12.9. The summed E-state index contributed by atoms with van der Waals surface area (Å²) in [5, 5.41) is 12.9. The molecule has 0 radical (unpaired) electrons. The number of Topliss-reactive ketones (excluding diaryl/α,β-unsaturated/α-hetero) is 1. The number of hydrogen-bond acceptors (Lipinski definition) is 6. The molecule has 0 spiro atoms. The third-order valence-corrected chi connectivity index (χ3v) is 5.68. The van der Waals surface area contributed by atoms with Crippen molar-refractivity contribution in [3.8, 4) is 5.75 Å². The Morgan fingerprint density at radius 3 is 2.63 bits per heavy atom. The number of aliphatic hydroxyl groups is 1. The maximum Gasteiger partial charge on any atom is 0.296 e. The standard InChI is InChI=1S/C23H19NO5S/c1-2-11-28-16-9-7-15(8-10-16)21(25)19-20(18-6-4-13-30-18)24(23(27)22(19)26)14-17-5-3-12-29-17/h2-10,12-13,20,25H,1,11,14H2. The van der Waals surface area contributed by atoms with Crippen molar-refractivity contribution in [3.05, 3.63) is 94.6 Å². The highest BCUT2D eigenvalue weighted by molar-refractivity contribution is 7.10. The predicted octanol–water partition coefficient (Wildman–Crippen LogP) is 4.53. The lowest BCUT2D eigenvalue weighted by molar-refractivity contribution is -0.140. The molecule has 4 rings (SSSR count). The summed E-state index contributed by atoms with van der Waals surface area (Å²) in [4.78, 5) is 27.9. The van der Waals surface area contributed by atoms with Crippen molar-refractivity contribution in [3.63, 3.8) is 0 Å². The van der Waals surface area contributed by atoms with E-state index in [-0.39, 0.29) is 17.9 Å². The van der Waals surface area contributed by atoms with Gasteiger partial charge < -0.3 is 19.2 Å². The third-order valence-electron chi connectivity index (χ3n) is 4.75. The predicted molar refractivity (Wildman–Crippen MR) is 113 cm³/mol. The van der Waals surface area contributed by atoms with Crippen LogP contribution in [0.3, 0.4) is 0 Å². The Morgan fingerprint density at radius 1 is 1.20 bits per heavy atom. The summed E-state index contributed by atoms with van der Waals surface area (Å²) in [6.07, 6.45) is 3.15. The van der Waals surface area contributed by atoms with Crippen molar-refractivity contribution in [1.29, 1.82) is 0 Å². The van der Waals surface area contributed by atoms with Gasteiger partial charge in [-0.2, -0.15) is 0 Å². The number of hydrogen-bond donors (Lipinski definition) is 1. The van der Waals surface area contributed by atoms with Crippen molar-refractivity contribution >= 4 is 28.8 Å². The van der Waals surface area contributed by atoms with Crippen molar-refractivity contribution in [2.45, 2.75) is 12.6 Å². The molecular formula is C23H19NO5S. The number of ketones is 1. The summed E-state index contributed by atoms with van der Waals surface area (Å²) in [5.41, 5.74) is 0.493. The molecule has 1 fully saturated rings. The van der Waals surface area contributed by atoms with Gasteiger partial charge in [0.05, 0.1) is 18.4 Å². The molecule has 1 N–H and O–H groups in total. The molecule has 1 aromatic carbocycles. The van der Waals surface area contributed by atoms with E-state index in [1.807, 2.05) is 17.5 Å². The number of carbonyl (C=O) groups is 2. The van der Waals surface area contributed by atoms with Gasteiger partial charge >= 0.3 is 0 Å². The molecule has 3 heterocycles. The van der Waals surface area contributed by atoms with Crippen LogP contribution in [0.15, 0.2) is 82.8 Å². The van der Waals surface area contributed by atoms with Crippen molar-refractivity contribution < 1.29 is 23.8 Å². The van der Waals surface area contributed by atoms with Gasteiger partial charge in [-0.25, -0.2) is 0 Å². The number of carbonyl (C=O) groups excluding carboxylic acids is 2. The average molecular weight is 421 g/mol. The fourth-order valence-electron chi connectivity index (χ4n) is 3.38. The molecule has 30 heavy (non-hydrogen) atoms. The van der Waals surface area contributed by atoms with Gasteiger partial charge in [0.25, 0.3) is 11.7 Å². The van der Waals surface area contributed by atoms with Crippen LogP contribution in [0.5, 0.6) is 5.75 Å². The van der Waals surface area contributed by atoms with Crippen molar-refractivity contribution in [2.75, 3.05) is 6.61 Å². The van der Waals surface area contributed by atoms with Gasteiger partial charge in [-0.15, -0.1) is 11.3 Å². The minimum Gasteiger partial charge on any atom is -0.507 e. The van der Waals surface area contributed by atoms with E-state index >= 15 is 0 Å². The van der Waals surface area contributed by atoms with E-state index in [0.29, 0.717) is 23.7 Å². The molecule has 7 heteroatoms. The summed E-state index contributed by atoms with van der Waals surface area (Å²) in [6.45, 7) is 4.10. The second kappa shape index (κ2) is 8.42. The van der Waals surface area contributed by atoms with Gasteiger partial charge in [-0.3, -0.25) is 9.59 Å². The van der Waals surface area contributed by atoms with E-state index in [9.17, 15) is 14.7 Å². The van der Waals surface area contributed by atoms with Crippen LogP contribution in [0.2, 0.25) is 0 Å². The number of amides is 1. The molecule has 6 nitrogen and oxygen atoms in total. The topological polar surface area (TPSA) is 80.0 Å². The molecule has 1 atom stereocenters. The largest absolute Gasteiger partial charge is 0.507 e. The van der Waals surface area contributed by atoms with Crippen LogP contribution in [0.1, 0.15) is 22.2 Å². The van der Waals surface area contributed by atoms with Crippen LogP contribution in [-0.4, -0.2) is 28.3 Å². The molecule has 1 unspecified atom stereocenters. The summed E-state index contributed by atoms with van der Waals surface area (Å²) in [5.74, 6) is -0.438. The number of ether oxygens (including phenoxy) is 1. The van der Waals surface area contributed by atoms with Crippen molar-refractivity contribution in [1.82, 2.24) is 4.90 Å². The summed E-state index contributed by atoms with van der Waals surface area (Å²) in [6, 6.07) is 13.2. The van der Waals surface area contributed by atoms with E-state index in [1.165, 1.54) is 22.5 Å². The summed E-state index contributed by atoms with van der Waals surface area (Å²) >= 11 is 1.42. The quantitative estimate of drug-likeness (QED) is 0.262. The lowest BCUT2D eigenvalue weighted by Gasteiger charge is -2.23. The molecule has 2 aromatic heterocycles. The van der Waals surface area contributed by atoms with E-state index < -0.39 is 17.7 Å². The number of likely N-dealkylation sites (tertiary alicyclic amines) is 1.